The summed E-state index contributed by atoms with van der Waals surface area (Å²) in [7, 11) is 1.72. The number of nitrogens with two attached hydrogens (primary N) is 1. The zero-order valence-corrected chi connectivity index (χ0v) is 12.2. The molecule has 1 amide bonds. The van der Waals surface area contributed by atoms with Gasteiger partial charge in [-0.25, -0.2) is 0 Å². The van der Waals surface area contributed by atoms with Crippen LogP contribution in [0.1, 0.15) is 10.6 Å². The van der Waals surface area contributed by atoms with Gasteiger partial charge in [0.05, 0.1) is 0 Å². The van der Waals surface area contributed by atoms with Crippen molar-refractivity contribution < 1.29 is 9.21 Å². The second-order valence-corrected chi connectivity index (χ2v) is 4.95. The summed E-state index contributed by atoms with van der Waals surface area (Å²) in [6.45, 7) is 0. The van der Waals surface area contributed by atoms with Crippen molar-refractivity contribution in [1.29, 1.82) is 0 Å². The Balaban J connectivity index is 1.88. The van der Waals surface area contributed by atoms with Crippen molar-refractivity contribution in [2.75, 3.05) is 17.7 Å². The van der Waals surface area contributed by atoms with E-state index in [2.05, 4.69) is 0 Å². The number of nitrogen functional groups attached to an aromatic ring is 1. The molecule has 0 radical (unpaired) electrons. The molecule has 2 N–H and O–H groups in total. The number of furan rings is 1. The van der Waals surface area contributed by atoms with Gasteiger partial charge in [0.15, 0.2) is 5.76 Å². The summed E-state index contributed by atoms with van der Waals surface area (Å²) in [6.07, 6.45) is 0. The summed E-state index contributed by atoms with van der Waals surface area (Å²) in [4.78, 5) is 14.0. The minimum atomic E-state index is -0.202. The molecule has 0 aliphatic heterocycles. The maximum Gasteiger partial charge on any atom is 0.293 e. The normalized spacial score (nSPS) is 10.4. The topological polar surface area (TPSA) is 59.5 Å². The van der Waals surface area contributed by atoms with Crippen LogP contribution in [-0.2, 0) is 0 Å². The van der Waals surface area contributed by atoms with Crippen LogP contribution in [0.15, 0.2) is 71.1 Å². The second kappa shape index (κ2) is 5.77. The Morgan fingerprint density at radius 2 is 1.64 bits per heavy atom. The number of carbonyl (C=O) groups is 1. The van der Waals surface area contributed by atoms with Gasteiger partial charge in [-0.3, -0.25) is 4.79 Å². The van der Waals surface area contributed by atoms with E-state index in [-0.39, 0.29) is 11.7 Å². The van der Waals surface area contributed by atoms with E-state index in [1.54, 1.807) is 30.1 Å². The predicted molar refractivity (Wildman–Crippen MR) is 87.7 cm³/mol. The van der Waals surface area contributed by atoms with E-state index < -0.39 is 0 Å². The van der Waals surface area contributed by atoms with Crippen molar-refractivity contribution in [2.45, 2.75) is 0 Å². The van der Waals surface area contributed by atoms with Gasteiger partial charge in [-0.2, -0.15) is 0 Å². The number of rotatable bonds is 3. The highest BCUT2D eigenvalue weighted by atomic mass is 16.4. The van der Waals surface area contributed by atoms with E-state index >= 15 is 0 Å². The first-order valence-electron chi connectivity index (χ1n) is 6.94. The Morgan fingerprint density at radius 3 is 2.36 bits per heavy atom. The fourth-order valence-electron chi connectivity index (χ4n) is 2.25. The third-order valence-electron chi connectivity index (χ3n) is 3.49. The largest absolute Gasteiger partial charge is 0.451 e. The molecule has 0 aliphatic carbocycles. The van der Waals surface area contributed by atoms with E-state index in [4.69, 9.17) is 10.2 Å². The van der Waals surface area contributed by atoms with Crippen molar-refractivity contribution in [1.82, 2.24) is 0 Å². The van der Waals surface area contributed by atoms with Crippen LogP contribution >= 0.6 is 0 Å². The van der Waals surface area contributed by atoms with Gasteiger partial charge in [-0.05, 0) is 36.4 Å². The molecule has 0 aliphatic rings. The van der Waals surface area contributed by atoms with Crippen molar-refractivity contribution in [2.24, 2.45) is 0 Å². The van der Waals surface area contributed by atoms with Crippen molar-refractivity contribution >= 4 is 17.3 Å². The lowest BCUT2D eigenvalue weighted by Crippen LogP contribution is -2.25. The number of para-hydroxylation sites is 2. The molecule has 0 saturated carbocycles. The molecular formula is C18H16N2O2. The zero-order chi connectivity index (χ0) is 15.5. The lowest BCUT2D eigenvalue weighted by atomic mass is 10.1. The minimum absolute atomic E-state index is 0.202. The van der Waals surface area contributed by atoms with Gasteiger partial charge >= 0.3 is 0 Å². The van der Waals surface area contributed by atoms with Gasteiger partial charge in [0.2, 0.25) is 0 Å². The van der Waals surface area contributed by atoms with Gasteiger partial charge in [-0.1, -0.05) is 30.3 Å². The molecule has 4 heteroatoms. The molecule has 0 spiro atoms. The molecule has 2 aromatic carbocycles. The minimum Gasteiger partial charge on any atom is -0.451 e. The lowest BCUT2D eigenvalue weighted by molar-refractivity contribution is 0.0967. The summed E-state index contributed by atoms with van der Waals surface area (Å²) in [5.74, 6) is 0.666. The molecule has 0 unspecified atom stereocenters. The molecule has 1 heterocycles. The first-order chi connectivity index (χ1) is 10.7. The molecule has 22 heavy (non-hydrogen) atoms. The second-order valence-electron chi connectivity index (χ2n) is 4.95. The Kier molecular flexibility index (Phi) is 3.66. The fourth-order valence-corrected chi connectivity index (χ4v) is 2.25. The van der Waals surface area contributed by atoms with E-state index in [9.17, 15) is 4.79 Å². The number of amides is 1. The maximum atomic E-state index is 12.5. The smallest absolute Gasteiger partial charge is 0.293 e. The lowest BCUT2D eigenvalue weighted by Gasteiger charge is -2.15. The Morgan fingerprint density at radius 1 is 0.955 bits per heavy atom. The van der Waals surface area contributed by atoms with Gasteiger partial charge in [0, 0.05) is 24.0 Å². The van der Waals surface area contributed by atoms with Crippen LogP contribution in [0.4, 0.5) is 11.4 Å². The van der Waals surface area contributed by atoms with Crippen LogP contribution in [0.25, 0.3) is 11.3 Å². The monoisotopic (exact) mass is 292 g/mol. The first kappa shape index (κ1) is 13.9. The van der Waals surface area contributed by atoms with E-state index in [1.165, 1.54) is 0 Å². The summed E-state index contributed by atoms with van der Waals surface area (Å²) < 4.78 is 5.68. The van der Waals surface area contributed by atoms with E-state index in [0.29, 0.717) is 11.4 Å². The molecule has 0 fully saturated rings. The number of anilines is 2. The summed E-state index contributed by atoms with van der Waals surface area (Å²) >= 11 is 0. The third-order valence-corrected chi connectivity index (χ3v) is 3.49. The maximum absolute atomic E-state index is 12.5. The number of carbonyl (C=O) groups excluding carboxylic acids is 1. The highest BCUT2D eigenvalue weighted by Gasteiger charge is 2.18. The van der Waals surface area contributed by atoms with Gasteiger partial charge in [0.25, 0.3) is 5.91 Å². The molecule has 110 valence electrons. The van der Waals surface area contributed by atoms with Crippen LogP contribution in [-0.4, -0.2) is 13.0 Å². The highest BCUT2D eigenvalue weighted by molar-refractivity contribution is 6.04. The molecule has 4 nitrogen and oxygen atoms in total. The van der Waals surface area contributed by atoms with Crippen LogP contribution < -0.4 is 10.6 Å². The number of hydrogen-bond acceptors (Lipinski definition) is 3. The van der Waals surface area contributed by atoms with Crippen molar-refractivity contribution in [3.05, 3.63) is 72.5 Å². The van der Waals surface area contributed by atoms with Crippen LogP contribution in [0.3, 0.4) is 0 Å². The van der Waals surface area contributed by atoms with Crippen LogP contribution in [0.2, 0.25) is 0 Å². The first-order valence-corrected chi connectivity index (χ1v) is 6.94. The molecule has 0 saturated heterocycles. The Labute approximate surface area is 128 Å². The molecule has 1 aromatic heterocycles. The van der Waals surface area contributed by atoms with Gasteiger partial charge < -0.3 is 15.1 Å². The van der Waals surface area contributed by atoms with Gasteiger partial charge in [0.1, 0.15) is 5.76 Å². The summed E-state index contributed by atoms with van der Waals surface area (Å²) in [5, 5.41) is 0. The third kappa shape index (κ3) is 2.59. The molecule has 0 atom stereocenters. The SMILES string of the molecule is CN(C(=O)c1ccc(-c2ccccc2N)o1)c1ccccc1. The molecule has 0 bridgehead atoms. The van der Waals surface area contributed by atoms with E-state index in [1.807, 2.05) is 48.5 Å². The average molecular weight is 292 g/mol. The number of benzene rings is 2. The number of hydrogen-bond donors (Lipinski definition) is 1. The van der Waals surface area contributed by atoms with E-state index in [0.717, 1.165) is 11.3 Å². The van der Waals surface area contributed by atoms with Crippen LogP contribution in [0.5, 0.6) is 0 Å². The zero-order valence-electron chi connectivity index (χ0n) is 12.2. The predicted octanol–water partition coefficient (Wildman–Crippen LogP) is 3.81. The summed E-state index contributed by atoms with van der Waals surface area (Å²) in [6, 6.07) is 20.3. The van der Waals surface area contributed by atoms with Crippen LogP contribution in [0, 0.1) is 0 Å². The molecule has 3 rings (SSSR count). The summed E-state index contributed by atoms with van der Waals surface area (Å²) in [5.41, 5.74) is 8.14. The fraction of sp³-hybridized carbons (Fsp3) is 0.0556. The average Bonchev–Trinajstić information content (AvgIpc) is 3.04. The Bertz CT molecular complexity index is 794. The molecule has 3 aromatic rings. The quantitative estimate of drug-likeness (QED) is 0.747. The standard InChI is InChI=1S/C18H16N2O2/c1-20(13-7-3-2-4-8-13)18(21)17-12-11-16(22-17)14-9-5-6-10-15(14)19/h2-12H,19H2,1H3. The Hall–Kier alpha value is -3.01. The van der Waals surface area contributed by atoms with Gasteiger partial charge in [-0.15, -0.1) is 0 Å². The number of nitrogens with zero attached hydrogens (tertiary/aromatic N) is 1. The highest BCUT2D eigenvalue weighted by Crippen LogP contribution is 2.28. The van der Waals surface area contributed by atoms with Crippen molar-refractivity contribution in [3.63, 3.8) is 0 Å². The molecular weight excluding hydrogens is 276 g/mol. The van der Waals surface area contributed by atoms with Crippen molar-refractivity contribution in [3.8, 4) is 11.3 Å².